The Bertz CT molecular complexity index is 4330. The standard InChI is InChI=1S/C70H64BN3O2/c1-67(2,3)41-21-26-45(27-22-41)72(46-28-23-42(24-29-46)68(4,5)6)48-37-54-56-35-44(70(10,11)12)34-55-51-33-43(69(7,8)9)25-31-58(51)74(66(55)56)71-57-40-64-53(50-18-14-16-20-62(50)76-64)39-59(57)73(60(38-48)65(54)71)47-30-32-63-52(36-47)49-17-13-15-19-61(49)75-63/h13-40H,1-12H3. The first-order valence-electron chi connectivity index (χ1n) is 27.2. The van der Waals surface area contributed by atoms with Gasteiger partial charge < -0.3 is 23.1 Å². The van der Waals surface area contributed by atoms with Gasteiger partial charge >= 0.3 is 6.85 Å². The summed E-state index contributed by atoms with van der Waals surface area (Å²) in [4.78, 5) is 5.04. The Kier molecular flexibility index (Phi) is 9.68. The molecule has 76 heavy (non-hydrogen) atoms. The molecule has 14 rings (SSSR count). The van der Waals surface area contributed by atoms with Gasteiger partial charge in [0.25, 0.3) is 0 Å². The second-order valence-electron chi connectivity index (χ2n) is 25.9. The minimum atomic E-state index is -0.194. The van der Waals surface area contributed by atoms with E-state index in [1.807, 2.05) is 0 Å². The number of para-hydroxylation sites is 2. The number of furan rings is 2. The van der Waals surface area contributed by atoms with E-state index in [9.17, 15) is 0 Å². The van der Waals surface area contributed by atoms with Crippen molar-refractivity contribution in [3.63, 3.8) is 0 Å². The molecule has 12 aromatic rings. The molecule has 2 aliphatic heterocycles. The van der Waals surface area contributed by atoms with Gasteiger partial charge in [0.15, 0.2) is 0 Å². The third kappa shape index (κ3) is 6.98. The van der Waals surface area contributed by atoms with Crippen LogP contribution in [0.5, 0.6) is 0 Å². The van der Waals surface area contributed by atoms with E-state index in [4.69, 9.17) is 8.83 Å². The largest absolute Gasteiger partial charge is 0.456 e. The maximum absolute atomic E-state index is 6.86. The molecule has 0 spiro atoms. The van der Waals surface area contributed by atoms with Gasteiger partial charge in [-0.1, -0.05) is 150 Å². The zero-order valence-electron chi connectivity index (χ0n) is 45.9. The Labute approximate surface area is 446 Å². The number of aromatic nitrogens is 1. The van der Waals surface area contributed by atoms with E-state index in [2.05, 4.69) is 267 Å². The van der Waals surface area contributed by atoms with Crippen molar-refractivity contribution in [3.8, 4) is 11.1 Å². The van der Waals surface area contributed by atoms with E-state index in [0.717, 1.165) is 78.0 Å². The summed E-state index contributed by atoms with van der Waals surface area (Å²) in [6, 6.07) is 64.3. The predicted octanol–water partition coefficient (Wildman–Crippen LogP) is 18.7. The average molecular weight is 990 g/mol. The minimum absolute atomic E-state index is 0.000690. The minimum Gasteiger partial charge on any atom is -0.456 e. The quantitative estimate of drug-likeness (QED) is 0.165. The van der Waals surface area contributed by atoms with Gasteiger partial charge in [0.1, 0.15) is 22.3 Å². The molecule has 0 amide bonds. The molecular formula is C70H64BN3O2. The third-order valence-electron chi connectivity index (χ3n) is 16.8. The summed E-state index contributed by atoms with van der Waals surface area (Å²) in [5.74, 6) is 0. The Morgan fingerprint density at radius 1 is 0.382 bits per heavy atom. The molecule has 0 unspecified atom stereocenters. The first-order chi connectivity index (χ1) is 36.2. The fourth-order valence-corrected chi connectivity index (χ4v) is 12.5. The van der Waals surface area contributed by atoms with Crippen molar-refractivity contribution < 1.29 is 8.83 Å². The predicted molar refractivity (Wildman–Crippen MR) is 324 cm³/mol. The van der Waals surface area contributed by atoms with Gasteiger partial charge in [-0.15, -0.1) is 0 Å². The van der Waals surface area contributed by atoms with Crippen LogP contribution in [0.2, 0.25) is 0 Å². The lowest BCUT2D eigenvalue weighted by Crippen LogP contribution is -2.56. The van der Waals surface area contributed by atoms with Crippen LogP contribution in [0.1, 0.15) is 105 Å². The zero-order valence-corrected chi connectivity index (χ0v) is 45.9. The first-order valence-corrected chi connectivity index (χ1v) is 27.2. The Morgan fingerprint density at radius 3 is 1.53 bits per heavy atom. The van der Waals surface area contributed by atoms with Crippen molar-refractivity contribution >= 4 is 118 Å². The van der Waals surface area contributed by atoms with Crippen molar-refractivity contribution in [2.24, 2.45) is 0 Å². The lowest BCUT2D eigenvalue weighted by molar-refractivity contribution is 0.590. The van der Waals surface area contributed by atoms with Gasteiger partial charge in [0, 0.05) is 83.0 Å². The molecule has 0 radical (unpaired) electrons. The van der Waals surface area contributed by atoms with Gasteiger partial charge in [-0.2, -0.15) is 0 Å². The molecule has 5 heterocycles. The van der Waals surface area contributed by atoms with Crippen molar-refractivity contribution in [2.75, 3.05) is 9.80 Å². The number of anilines is 6. The molecule has 374 valence electrons. The van der Waals surface area contributed by atoms with Crippen LogP contribution in [0.25, 0.3) is 76.8 Å². The molecule has 0 aliphatic carbocycles. The normalized spacial score (nSPS) is 13.7. The molecule has 0 fully saturated rings. The average Bonchev–Trinajstić information content (AvgIpc) is 4.18. The summed E-state index contributed by atoms with van der Waals surface area (Å²) >= 11 is 0. The number of benzene rings is 9. The molecule has 0 N–H and O–H groups in total. The highest BCUT2D eigenvalue weighted by Crippen LogP contribution is 2.51. The molecule has 0 saturated carbocycles. The topological polar surface area (TPSA) is 37.7 Å². The zero-order chi connectivity index (χ0) is 52.5. The van der Waals surface area contributed by atoms with E-state index in [-0.39, 0.29) is 28.5 Å². The van der Waals surface area contributed by atoms with Gasteiger partial charge in [-0.3, -0.25) is 0 Å². The Hall–Kier alpha value is -7.96. The van der Waals surface area contributed by atoms with E-state index in [0.29, 0.717) is 0 Å². The second kappa shape index (κ2) is 15.8. The molecule has 0 saturated heterocycles. The summed E-state index contributed by atoms with van der Waals surface area (Å²) in [5.41, 5.74) is 22.7. The molecule has 5 nitrogen and oxygen atoms in total. The molecule has 0 bridgehead atoms. The lowest BCUT2D eigenvalue weighted by Gasteiger charge is -2.41. The molecule has 0 atom stereocenters. The molecule has 6 heteroatoms. The number of fused-ring (bicyclic) bond motifs is 13. The van der Waals surface area contributed by atoms with Crippen LogP contribution in [0.3, 0.4) is 0 Å². The fraction of sp³-hybridized carbons (Fsp3) is 0.229. The van der Waals surface area contributed by atoms with Crippen LogP contribution in [0.4, 0.5) is 34.1 Å². The molecular weight excluding hydrogens is 926 g/mol. The van der Waals surface area contributed by atoms with Crippen LogP contribution >= 0.6 is 0 Å². The lowest BCUT2D eigenvalue weighted by atomic mass is 9.45. The summed E-state index contributed by atoms with van der Waals surface area (Å²) in [5, 5.41) is 6.97. The highest BCUT2D eigenvalue weighted by molar-refractivity contribution is 6.90. The molecule has 3 aromatic heterocycles. The van der Waals surface area contributed by atoms with Crippen LogP contribution in [0, 0.1) is 0 Å². The summed E-state index contributed by atoms with van der Waals surface area (Å²) < 4.78 is 16.1. The van der Waals surface area contributed by atoms with Gasteiger partial charge in [-0.25, -0.2) is 0 Å². The maximum Gasteiger partial charge on any atom is 0.333 e. The smallest absolute Gasteiger partial charge is 0.333 e. The fourth-order valence-electron chi connectivity index (χ4n) is 12.5. The highest BCUT2D eigenvalue weighted by Gasteiger charge is 2.45. The third-order valence-corrected chi connectivity index (χ3v) is 16.8. The Balaban J connectivity index is 1.15. The van der Waals surface area contributed by atoms with Crippen molar-refractivity contribution in [1.82, 2.24) is 4.48 Å². The van der Waals surface area contributed by atoms with E-state index in [1.165, 1.54) is 66.1 Å². The summed E-state index contributed by atoms with van der Waals surface area (Å²) in [6.07, 6.45) is 0. The highest BCUT2D eigenvalue weighted by atomic mass is 16.3. The molecule has 9 aromatic carbocycles. The van der Waals surface area contributed by atoms with Crippen LogP contribution < -0.4 is 20.7 Å². The van der Waals surface area contributed by atoms with Gasteiger partial charge in [-0.05, 0) is 164 Å². The molecule has 2 aliphatic rings. The first kappa shape index (κ1) is 46.6. The number of nitrogens with zero attached hydrogens (tertiary/aromatic N) is 3. The van der Waals surface area contributed by atoms with E-state index in [1.54, 1.807) is 0 Å². The van der Waals surface area contributed by atoms with Crippen molar-refractivity contribution in [3.05, 3.63) is 192 Å². The second-order valence-corrected chi connectivity index (χ2v) is 25.9. The monoisotopic (exact) mass is 990 g/mol. The number of rotatable bonds is 4. The SMILES string of the molecule is CC(C)(C)c1ccc(N(c2ccc(C(C)(C)C)cc2)c2cc3c4c(c2)N(c2ccc5oc6ccccc6c5c2)c2cc5c(cc2B4n2c4ccc(C(C)(C)C)cc4c4cc(C(C)(C)C)cc-3c42)oc2ccccc25)cc1. The van der Waals surface area contributed by atoms with Crippen LogP contribution in [-0.4, -0.2) is 11.3 Å². The summed E-state index contributed by atoms with van der Waals surface area (Å²) in [6.45, 7) is 27.6. The van der Waals surface area contributed by atoms with Crippen LogP contribution in [-0.2, 0) is 21.7 Å². The summed E-state index contributed by atoms with van der Waals surface area (Å²) in [7, 11) is 0. The Morgan fingerprint density at radius 2 is 0.921 bits per heavy atom. The van der Waals surface area contributed by atoms with Crippen LogP contribution in [0.15, 0.2) is 179 Å². The van der Waals surface area contributed by atoms with Gasteiger partial charge in [0.05, 0.1) is 0 Å². The number of hydrogen-bond acceptors (Lipinski definition) is 4. The van der Waals surface area contributed by atoms with E-state index >= 15 is 0 Å². The van der Waals surface area contributed by atoms with Crippen molar-refractivity contribution in [1.29, 1.82) is 0 Å². The van der Waals surface area contributed by atoms with E-state index < -0.39 is 0 Å². The van der Waals surface area contributed by atoms with Crippen molar-refractivity contribution in [2.45, 2.75) is 105 Å². The number of hydrogen-bond donors (Lipinski definition) is 0. The maximum atomic E-state index is 6.86. The van der Waals surface area contributed by atoms with Gasteiger partial charge in [0.2, 0.25) is 0 Å².